The molecule has 0 bridgehead atoms. The summed E-state index contributed by atoms with van der Waals surface area (Å²) in [6.07, 6.45) is 0. The summed E-state index contributed by atoms with van der Waals surface area (Å²) in [4.78, 5) is 24.0. The molecule has 0 unspecified atom stereocenters. The standard InChI is InChI=1S/C14H15ClN2O2/c1-14(2,15)7-17-11-10(16)12(18)8-5-3-4-6-9(8)13(11)19/h3-6,17H,7,16H2,1-2H3/p+1. The average molecular weight is 280 g/mol. The first-order valence-corrected chi connectivity index (χ1v) is 6.39. The summed E-state index contributed by atoms with van der Waals surface area (Å²) in [6.45, 7) is 4.14. The number of allylic oxidation sites excluding steroid dienone is 2. The van der Waals surface area contributed by atoms with Crippen molar-refractivity contribution in [3.63, 3.8) is 0 Å². The van der Waals surface area contributed by atoms with Crippen LogP contribution < -0.4 is 11.1 Å². The molecule has 5 heteroatoms. The number of alkyl halides is 1. The molecule has 0 aromatic heterocycles. The Kier molecular flexibility index (Phi) is 3.47. The number of halogens is 1. The molecule has 0 fully saturated rings. The summed E-state index contributed by atoms with van der Waals surface area (Å²) < 4.78 is 0. The lowest BCUT2D eigenvalue weighted by Gasteiger charge is -2.19. The largest absolute Gasteiger partial charge is 0.391 e. The first kappa shape index (κ1) is 13.8. The maximum absolute atomic E-state index is 12.3. The number of carbonyl (C=O) groups is 2. The summed E-state index contributed by atoms with van der Waals surface area (Å²) in [5.41, 5.74) is 6.83. The average Bonchev–Trinajstić information content (AvgIpc) is 2.35. The van der Waals surface area contributed by atoms with Gasteiger partial charge in [-0.15, -0.1) is 11.6 Å². The zero-order valence-electron chi connectivity index (χ0n) is 10.9. The Bertz CT molecular complexity index is 585. The van der Waals surface area contributed by atoms with Crippen molar-refractivity contribution >= 4 is 23.2 Å². The molecule has 4 N–H and O–H groups in total. The van der Waals surface area contributed by atoms with E-state index < -0.39 is 4.87 Å². The highest BCUT2D eigenvalue weighted by atomic mass is 35.5. The van der Waals surface area contributed by atoms with Crippen molar-refractivity contribution in [2.75, 3.05) is 6.54 Å². The number of carbonyl (C=O) groups excluding carboxylic acids is 2. The number of hydrogen-bond donors (Lipinski definition) is 2. The van der Waals surface area contributed by atoms with E-state index in [-0.39, 0.29) is 23.0 Å². The third kappa shape index (κ3) is 2.69. The molecular weight excluding hydrogens is 264 g/mol. The summed E-state index contributed by atoms with van der Waals surface area (Å²) >= 11 is 6.09. The molecule has 100 valence electrons. The lowest BCUT2D eigenvalue weighted by atomic mass is 9.90. The molecule has 0 heterocycles. The third-order valence-corrected chi connectivity index (χ3v) is 3.14. The molecule has 1 aliphatic rings. The number of nitrogens with two attached hydrogens (primary N) is 2. The fourth-order valence-corrected chi connectivity index (χ4v) is 2.04. The highest BCUT2D eigenvalue weighted by Crippen LogP contribution is 2.21. The van der Waals surface area contributed by atoms with Crippen LogP contribution in [0.15, 0.2) is 35.7 Å². The molecule has 1 aliphatic carbocycles. The van der Waals surface area contributed by atoms with Gasteiger partial charge in [-0.25, -0.2) is 0 Å². The highest BCUT2D eigenvalue weighted by molar-refractivity contribution is 6.25. The Morgan fingerprint density at radius 2 is 1.68 bits per heavy atom. The van der Waals surface area contributed by atoms with Crippen molar-refractivity contribution in [2.24, 2.45) is 5.73 Å². The number of quaternary nitrogens is 1. The van der Waals surface area contributed by atoms with Crippen molar-refractivity contribution in [1.82, 2.24) is 0 Å². The molecule has 0 amide bonds. The van der Waals surface area contributed by atoms with Gasteiger partial charge < -0.3 is 11.1 Å². The van der Waals surface area contributed by atoms with E-state index in [1.54, 1.807) is 29.6 Å². The van der Waals surface area contributed by atoms with Crippen molar-refractivity contribution in [3.8, 4) is 0 Å². The smallest absolute Gasteiger partial charge is 0.249 e. The lowest BCUT2D eigenvalue weighted by Crippen LogP contribution is -2.87. The summed E-state index contributed by atoms with van der Waals surface area (Å²) in [5.74, 6) is -0.512. The molecule has 19 heavy (non-hydrogen) atoms. The van der Waals surface area contributed by atoms with Gasteiger partial charge in [-0.1, -0.05) is 24.3 Å². The van der Waals surface area contributed by atoms with E-state index in [1.165, 1.54) is 0 Å². The van der Waals surface area contributed by atoms with Gasteiger partial charge in [-0.05, 0) is 13.8 Å². The second-order valence-corrected chi connectivity index (χ2v) is 6.18. The van der Waals surface area contributed by atoms with Crippen LogP contribution in [0.5, 0.6) is 0 Å². The molecular formula is C14H16ClN2O2+. The Morgan fingerprint density at radius 3 is 2.21 bits per heavy atom. The maximum Gasteiger partial charge on any atom is 0.249 e. The zero-order chi connectivity index (χ0) is 14.2. The number of ketones is 2. The number of hydrogen-bond acceptors (Lipinski definition) is 3. The quantitative estimate of drug-likeness (QED) is 0.804. The minimum absolute atomic E-state index is 0.00427. The number of benzene rings is 1. The van der Waals surface area contributed by atoms with E-state index in [2.05, 4.69) is 0 Å². The molecule has 2 rings (SSSR count). The minimum Gasteiger partial charge on any atom is -0.391 e. The first-order chi connectivity index (χ1) is 8.81. The van der Waals surface area contributed by atoms with Gasteiger partial charge in [0.25, 0.3) is 0 Å². The Labute approximate surface area is 116 Å². The molecule has 4 nitrogen and oxygen atoms in total. The van der Waals surface area contributed by atoms with Gasteiger partial charge in [0.1, 0.15) is 5.70 Å². The zero-order valence-corrected chi connectivity index (χ0v) is 11.6. The van der Waals surface area contributed by atoms with Crippen molar-refractivity contribution in [1.29, 1.82) is 0 Å². The van der Waals surface area contributed by atoms with E-state index in [0.717, 1.165) is 0 Å². The van der Waals surface area contributed by atoms with E-state index in [9.17, 15) is 9.59 Å². The molecule has 0 saturated carbocycles. The van der Waals surface area contributed by atoms with Crippen LogP contribution in [0.4, 0.5) is 0 Å². The molecule has 0 spiro atoms. The van der Waals surface area contributed by atoms with Gasteiger partial charge in [0.15, 0.2) is 0 Å². The van der Waals surface area contributed by atoms with Crippen molar-refractivity contribution < 1.29 is 14.9 Å². The maximum atomic E-state index is 12.3. The van der Waals surface area contributed by atoms with E-state index in [1.807, 2.05) is 13.8 Å². The summed E-state index contributed by atoms with van der Waals surface area (Å²) in [7, 11) is 0. The van der Waals surface area contributed by atoms with E-state index >= 15 is 0 Å². The van der Waals surface area contributed by atoms with Gasteiger partial charge in [-0.3, -0.25) is 9.59 Å². The normalized spacial score (nSPS) is 15.7. The second-order valence-electron chi connectivity index (χ2n) is 5.16. The van der Waals surface area contributed by atoms with Crippen LogP contribution in [0.25, 0.3) is 0 Å². The van der Waals surface area contributed by atoms with Crippen LogP contribution in [0.1, 0.15) is 34.6 Å². The topological polar surface area (TPSA) is 76.8 Å². The molecule has 0 radical (unpaired) electrons. The Morgan fingerprint density at radius 1 is 1.16 bits per heavy atom. The second kappa shape index (κ2) is 4.79. The van der Waals surface area contributed by atoms with Gasteiger partial charge in [0.2, 0.25) is 17.3 Å². The third-order valence-electron chi connectivity index (χ3n) is 2.99. The molecule has 0 saturated heterocycles. The Hall–Kier alpha value is -1.65. The minimum atomic E-state index is -0.479. The molecule has 0 atom stereocenters. The summed E-state index contributed by atoms with van der Waals surface area (Å²) in [6, 6.07) is 6.70. The predicted molar refractivity (Wildman–Crippen MR) is 73.0 cm³/mol. The van der Waals surface area contributed by atoms with E-state index in [0.29, 0.717) is 17.7 Å². The van der Waals surface area contributed by atoms with Crippen LogP contribution in [0.2, 0.25) is 0 Å². The number of rotatable bonds is 3. The highest BCUT2D eigenvalue weighted by Gasteiger charge is 2.34. The number of Topliss-reactive ketones (excluding diaryl/α,β-unsaturated/α-hetero) is 2. The molecule has 0 aliphatic heterocycles. The van der Waals surface area contributed by atoms with Gasteiger partial charge in [0, 0.05) is 11.1 Å². The van der Waals surface area contributed by atoms with Crippen LogP contribution >= 0.6 is 11.6 Å². The summed E-state index contributed by atoms with van der Waals surface area (Å²) in [5, 5.41) is 1.65. The van der Waals surface area contributed by atoms with Crippen LogP contribution in [0.3, 0.4) is 0 Å². The van der Waals surface area contributed by atoms with Crippen molar-refractivity contribution in [3.05, 3.63) is 46.8 Å². The monoisotopic (exact) mass is 279 g/mol. The van der Waals surface area contributed by atoms with E-state index in [4.69, 9.17) is 17.3 Å². The Balaban J connectivity index is 2.38. The number of fused-ring (bicyclic) bond motifs is 1. The molecule has 1 aromatic rings. The SMILES string of the molecule is CC(C)(Cl)C[NH2+]C1=C(N)C(=O)c2ccccc2C1=O. The van der Waals surface area contributed by atoms with Gasteiger partial charge in [-0.2, -0.15) is 0 Å². The first-order valence-electron chi connectivity index (χ1n) is 6.01. The fraction of sp³-hybridized carbons (Fsp3) is 0.286. The fourth-order valence-electron chi connectivity index (χ4n) is 1.96. The van der Waals surface area contributed by atoms with Crippen LogP contribution in [-0.4, -0.2) is 23.0 Å². The van der Waals surface area contributed by atoms with Crippen LogP contribution in [0, 0.1) is 0 Å². The van der Waals surface area contributed by atoms with Gasteiger partial charge in [0.05, 0.1) is 11.4 Å². The molecule has 1 aromatic carbocycles. The lowest BCUT2D eigenvalue weighted by molar-refractivity contribution is -0.603. The van der Waals surface area contributed by atoms with Crippen molar-refractivity contribution in [2.45, 2.75) is 18.7 Å². The predicted octanol–water partition coefficient (Wildman–Crippen LogP) is 0.817. The van der Waals surface area contributed by atoms with Gasteiger partial charge >= 0.3 is 0 Å². The van der Waals surface area contributed by atoms with Crippen LogP contribution in [-0.2, 0) is 0 Å².